The van der Waals surface area contributed by atoms with Gasteiger partial charge in [-0.25, -0.2) is 0 Å². The number of aliphatic carboxylic acids is 1. The Bertz CT molecular complexity index is 321. The van der Waals surface area contributed by atoms with Gasteiger partial charge in [-0.05, 0) is 6.92 Å². The van der Waals surface area contributed by atoms with E-state index in [1.807, 2.05) is 4.90 Å². The Morgan fingerprint density at radius 2 is 2.35 bits per heavy atom. The quantitative estimate of drug-likeness (QED) is 0.576. The van der Waals surface area contributed by atoms with Crippen LogP contribution in [-0.4, -0.2) is 51.2 Å². The van der Waals surface area contributed by atoms with E-state index < -0.39 is 5.97 Å². The van der Waals surface area contributed by atoms with Crippen molar-refractivity contribution in [2.75, 3.05) is 18.9 Å². The molecule has 5 nitrogen and oxygen atoms in total. The molecule has 1 saturated heterocycles. The van der Waals surface area contributed by atoms with Gasteiger partial charge in [0.1, 0.15) is 4.32 Å². The number of thioether (sulfide) groups is 1. The van der Waals surface area contributed by atoms with Crippen LogP contribution in [0.5, 0.6) is 0 Å². The lowest BCUT2D eigenvalue weighted by Crippen LogP contribution is -2.36. The third-order valence-corrected chi connectivity index (χ3v) is 3.97. The number of hydrogen-bond acceptors (Lipinski definition) is 5. The topological polar surface area (TPSA) is 66.8 Å². The van der Waals surface area contributed by atoms with Crippen LogP contribution in [0.4, 0.5) is 0 Å². The van der Waals surface area contributed by atoms with Crippen molar-refractivity contribution in [3.8, 4) is 0 Å². The molecule has 0 spiro atoms. The van der Waals surface area contributed by atoms with Gasteiger partial charge in [-0.3, -0.25) is 9.59 Å². The van der Waals surface area contributed by atoms with Crippen LogP contribution in [0.2, 0.25) is 0 Å². The van der Waals surface area contributed by atoms with E-state index in [4.69, 9.17) is 22.1 Å². The van der Waals surface area contributed by atoms with E-state index in [0.717, 1.165) is 5.75 Å². The second-order valence-electron chi connectivity index (χ2n) is 3.58. The van der Waals surface area contributed by atoms with Crippen LogP contribution in [0.1, 0.15) is 19.8 Å². The Labute approximate surface area is 109 Å². The first-order chi connectivity index (χ1) is 8.04. The van der Waals surface area contributed by atoms with Crippen molar-refractivity contribution in [1.82, 2.24) is 4.90 Å². The third kappa shape index (κ3) is 4.51. The van der Waals surface area contributed by atoms with Gasteiger partial charge in [0.2, 0.25) is 0 Å². The molecule has 1 rings (SSSR count). The molecule has 0 aromatic carbocycles. The van der Waals surface area contributed by atoms with Gasteiger partial charge in [-0.15, -0.1) is 0 Å². The zero-order valence-corrected chi connectivity index (χ0v) is 11.2. The van der Waals surface area contributed by atoms with Crippen molar-refractivity contribution in [3.05, 3.63) is 0 Å². The van der Waals surface area contributed by atoms with Crippen molar-refractivity contribution in [2.45, 2.75) is 25.8 Å². The Balaban J connectivity index is 2.49. The Kier molecular flexibility index (Phi) is 5.70. The molecule has 0 aliphatic carbocycles. The highest BCUT2D eigenvalue weighted by atomic mass is 32.2. The summed E-state index contributed by atoms with van der Waals surface area (Å²) < 4.78 is 5.55. The minimum absolute atomic E-state index is 0.0278. The van der Waals surface area contributed by atoms with Crippen LogP contribution in [0, 0.1) is 0 Å². The number of nitrogens with zero attached hydrogens (tertiary/aromatic N) is 1. The molecule has 0 amide bonds. The summed E-state index contributed by atoms with van der Waals surface area (Å²) in [6, 6.07) is -0.0362. The van der Waals surface area contributed by atoms with Crippen LogP contribution in [-0.2, 0) is 14.3 Å². The number of carbonyl (C=O) groups is 2. The molecule has 1 N–H and O–H groups in total. The summed E-state index contributed by atoms with van der Waals surface area (Å²) >= 11 is 6.61. The molecule has 0 aromatic rings. The van der Waals surface area contributed by atoms with Gasteiger partial charge in [0, 0.05) is 12.3 Å². The molecule has 1 aliphatic rings. The fourth-order valence-corrected chi connectivity index (χ4v) is 3.04. The maximum atomic E-state index is 11.4. The van der Waals surface area contributed by atoms with Crippen LogP contribution in [0.15, 0.2) is 0 Å². The largest absolute Gasteiger partial charge is 0.481 e. The van der Waals surface area contributed by atoms with Crippen molar-refractivity contribution in [2.24, 2.45) is 0 Å². The number of thiocarbonyl (C=S) groups is 1. The van der Waals surface area contributed by atoms with E-state index in [1.165, 1.54) is 11.8 Å². The summed E-state index contributed by atoms with van der Waals surface area (Å²) in [7, 11) is 0. The fraction of sp³-hybridized carbons (Fsp3) is 0.700. The van der Waals surface area contributed by atoms with Gasteiger partial charge in [-0.2, -0.15) is 0 Å². The van der Waals surface area contributed by atoms with Crippen molar-refractivity contribution >= 4 is 40.2 Å². The second-order valence-corrected chi connectivity index (χ2v) is 5.23. The number of hydrogen-bond donors (Lipinski definition) is 1. The Hall–Kier alpha value is -0.820. The van der Waals surface area contributed by atoms with Gasteiger partial charge < -0.3 is 14.7 Å². The minimum Gasteiger partial charge on any atom is -0.481 e. The molecule has 0 aromatic heterocycles. The van der Waals surface area contributed by atoms with Crippen molar-refractivity contribution in [3.63, 3.8) is 0 Å². The maximum Gasteiger partial charge on any atom is 0.307 e. The molecule has 0 bridgehead atoms. The number of carbonyl (C=O) groups excluding carboxylic acids is 1. The first kappa shape index (κ1) is 14.2. The summed E-state index contributed by atoms with van der Waals surface area (Å²) in [5.74, 6) is -0.403. The predicted octanol–water partition coefficient (Wildman–Crippen LogP) is 1.12. The Morgan fingerprint density at radius 1 is 1.65 bits per heavy atom. The van der Waals surface area contributed by atoms with Crippen LogP contribution in [0.3, 0.4) is 0 Å². The van der Waals surface area contributed by atoms with Gasteiger partial charge in [0.15, 0.2) is 0 Å². The summed E-state index contributed by atoms with van der Waals surface area (Å²) in [6.45, 7) is 2.47. The monoisotopic (exact) mass is 277 g/mol. The number of carboxylic acid groups (broad SMARTS) is 1. The lowest BCUT2D eigenvalue weighted by molar-refractivity contribution is -0.143. The summed E-state index contributed by atoms with van der Waals surface area (Å²) in [5, 5.41) is 8.64. The molecular formula is C10H15NO4S2. The van der Waals surface area contributed by atoms with Crippen LogP contribution >= 0.6 is 24.0 Å². The molecule has 7 heteroatoms. The average Bonchev–Trinajstić information content (AvgIpc) is 2.57. The molecule has 1 aliphatic heterocycles. The van der Waals surface area contributed by atoms with E-state index in [1.54, 1.807) is 6.92 Å². The predicted molar refractivity (Wildman–Crippen MR) is 69.1 cm³/mol. The third-order valence-electron chi connectivity index (χ3n) is 2.35. The van der Waals surface area contributed by atoms with Gasteiger partial charge >= 0.3 is 11.9 Å². The lowest BCUT2D eigenvalue weighted by Gasteiger charge is -2.24. The minimum atomic E-state index is -0.861. The first-order valence-electron chi connectivity index (χ1n) is 5.35. The standard InChI is InChI=1S/C10H15NO4S2/c1-2-15-9(14)5-7-6-17-10(16)11(7)4-3-8(12)13/h7H,2-6H2,1H3,(H,12,13). The highest BCUT2D eigenvalue weighted by Crippen LogP contribution is 2.26. The average molecular weight is 277 g/mol. The highest BCUT2D eigenvalue weighted by Gasteiger charge is 2.31. The van der Waals surface area contributed by atoms with Crippen LogP contribution < -0.4 is 0 Å². The molecule has 1 heterocycles. The number of rotatable bonds is 6. The molecule has 0 saturated carbocycles. The number of ether oxygens (including phenoxy) is 1. The normalized spacial score (nSPS) is 19.5. The summed E-state index contributed by atoms with van der Waals surface area (Å²) in [4.78, 5) is 23.7. The van der Waals surface area contributed by atoms with Crippen molar-refractivity contribution in [1.29, 1.82) is 0 Å². The molecule has 96 valence electrons. The second kappa shape index (κ2) is 6.80. The molecule has 0 radical (unpaired) electrons. The lowest BCUT2D eigenvalue weighted by atomic mass is 10.2. The molecule has 17 heavy (non-hydrogen) atoms. The SMILES string of the molecule is CCOC(=O)CC1CSC(=S)N1CCC(=O)O. The molecule has 1 fully saturated rings. The maximum absolute atomic E-state index is 11.4. The van der Waals surface area contributed by atoms with Gasteiger partial charge in [0.25, 0.3) is 0 Å². The fourth-order valence-electron chi connectivity index (χ4n) is 1.56. The highest BCUT2D eigenvalue weighted by molar-refractivity contribution is 8.23. The zero-order chi connectivity index (χ0) is 12.8. The first-order valence-corrected chi connectivity index (χ1v) is 6.74. The van der Waals surface area contributed by atoms with Gasteiger partial charge in [0.05, 0.1) is 25.5 Å². The van der Waals surface area contributed by atoms with E-state index in [9.17, 15) is 9.59 Å². The number of esters is 1. The molecule has 1 unspecified atom stereocenters. The van der Waals surface area contributed by atoms with E-state index in [2.05, 4.69) is 0 Å². The van der Waals surface area contributed by atoms with E-state index in [-0.39, 0.29) is 24.9 Å². The van der Waals surface area contributed by atoms with E-state index in [0.29, 0.717) is 17.5 Å². The molecular weight excluding hydrogens is 262 g/mol. The smallest absolute Gasteiger partial charge is 0.307 e. The summed E-state index contributed by atoms with van der Waals surface area (Å²) in [5.41, 5.74) is 0. The Morgan fingerprint density at radius 3 is 2.94 bits per heavy atom. The summed E-state index contributed by atoms with van der Waals surface area (Å²) in [6.07, 6.45) is 0.292. The van der Waals surface area contributed by atoms with E-state index >= 15 is 0 Å². The zero-order valence-electron chi connectivity index (χ0n) is 9.55. The number of carboxylic acids is 1. The molecule has 1 atom stereocenters. The van der Waals surface area contributed by atoms with Gasteiger partial charge in [-0.1, -0.05) is 24.0 Å². The van der Waals surface area contributed by atoms with Crippen molar-refractivity contribution < 1.29 is 19.4 Å². The van der Waals surface area contributed by atoms with Crippen LogP contribution in [0.25, 0.3) is 0 Å².